The fourth-order valence-corrected chi connectivity index (χ4v) is 4.45. The van der Waals surface area contributed by atoms with Crippen molar-refractivity contribution in [3.63, 3.8) is 0 Å². The van der Waals surface area contributed by atoms with Gasteiger partial charge in [-0.1, -0.05) is 26.0 Å². The van der Waals surface area contributed by atoms with Gasteiger partial charge in [0.2, 0.25) is 0 Å². The molecule has 1 aliphatic rings. The van der Waals surface area contributed by atoms with E-state index >= 15 is 0 Å². The second-order valence-electron chi connectivity index (χ2n) is 6.26. The summed E-state index contributed by atoms with van der Waals surface area (Å²) in [5.74, 6) is 2.43. The van der Waals surface area contributed by atoms with Gasteiger partial charge in [-0.2, -0.15) is 11.8 Å². The molecule has 1 atom stereocenters. The maximum Gasteiger partial charge on any atom is 0.0934 e. The minimum Gasteiger partial charge on any atom is -0.380 e. The van der Waals surface area contributed by atoms with E-state index in [4.69, 9.17) is 0 Å². The summed E-state index contributed by atoms with van der Waals surface area (Å²) in [5.41, 5.74) is 2.63. The second-order valence-corrected chi connectivity index (χ2v) is 8.20. The predicted molar refractivity (Wildman–Crippen MR) is 92.6 cm³/mol. The number of thioether (sulfide) groups is 1. The zero-order chi connectivity index (χ0) is 14.2. The highest BCUT2D eigenvalue weighted by Crippen LogP contribution is 2.35. The van der Waals surface area contributed by atoms with E-state index in [0.717, 1.165) is 15.7 Å². The lowest BCUT2D eigenvalue weighted by Crippen LogP contribution is -2.35. The van der Waals surface area contributed by atoms with Crippen molar-refractivity contribution in [3.8, 4) is 0 Å². The first-order valence-corrected chi connectivity index (χ1v) is 8.87. The number of benzene rings is 1. The van der Waals surface area contributed by atoms with Crippen molar-refractivity contribution >= 4 is 44.3 Å². The minimum absolute atomic E-state index is 0.418. The van der Waals surface area contributed by atoms with Crippen molar-refractivity contribution in [1.82, 2.24) is 4.98 Å². The average molecular weight is 351 g/mol. The van der Waals surface area contributed by atoms with Crippen molar-refractivity contribution in [2.24, 2.45) is 5.41 Å². The second kappa shape index (κ2) is 5.57. The molecule has 0 aliphatic carbocycles. The Morgan fingerprint density at radius 3 is 3.05 bits per heavy atom. The number of aromatic nitrogens is 1. The normalized spacial score (nSPS) is 21.9. The molecule has 1 aromatic heterocycles. The zero-order valence-corrected chi connectivity index (χ0v) is 14.2. The van der Waals surface area contributed by atoms with Crippen molar-refractivity contribution < 1.29 is 0 Å². The maximum atomic E-state index is 4.57. The molecule has 0 saturated carbocycles. The van der Waals surface area contributed by atoms with Crippen molar-refractivity contribution in [3.05, 3.63) is 34.9 Å². The molecule has 1 aliphatic heterocycles. The molecular weight excluding hydrogens is 332 g/mol. The molecule has 0 amide bonds. The van der Waals surface area contributed by atoms with Crippen LogP contribution in [-0.4, -0.2) is 22.5 Å². The van der Waals surface area contributed by atoms with Gasteiger partial charge in [-0.05, 0) is 45.7 Å². The Bertz CT molecular complexity index is 627. The van der Waals surface area contributed by atoms with Gasteiger partial charge in [-0.25, -0.2) is 0 Å². The third-order valence-corrected chi connectivity index (χ3v) is 5.71. The number of nitrogens with zero attached hydrogens (tertiary/aromatic N) is 1. The Hall–Kier alpha value is -0.740. The largest absolute Gasteiger partial charge is 0.380 e. The van der Waals surface area contributed by atoms with Crippen LogP contribution in [0.4, 0.5) is 5.69 Å². The summed E-state index contributed by atoms with van der Waals surface area (Å²) in [6.45, 7) is 4.71. The van der Waals surface area contributed by atoms with Crippen LogP contribution in [0.5, 0.6) is 0 Å². The van der Waals surface area contributed by atoms with E-state index in [9.17, 15) is 0 Å². The molecule has 2 nitrogen and oxygen atoms in total. The molecule has 20 heavy (non-hydrogen) atoms. The standard InChI is InChI=1S/C16H19BrN2S/c1-16(2)7-13(9-20-10-16)19-14-5-3-4-11-6-12(17)8-18-15(11)14/h3-6,8,13,19H,7,9-10H2,1-2H3. The summed E-state index contributed by atoms with van der Waals surface area (Å²) in [6.07, 6.45) is 3.08. The van der Waals surface area contributed by atoms with E-state index in [2.05, 4.69) is 64.3 Å². The van der Waals surface area contributed by atoms with Gasteiger partial charge in [0.25, 0.3) is 0 Å². The third kappa shape index (κ3) is 3.12. The van der Waals surface area contributed by atoms with Crippen LogP contribution in [0.3, 0.4) is 0 Å². The molecule has 0 spiro atoms. The molecule has 0 radical (unpaired) electrons. The van der Waals surface area contributed by atoms with Crippen LogP contribution in [0.1, 0.15) is 20.3 Å². The van der Waals surface area contributed by atoms with E-state index in [1.54, 1.807) is 0 Å². The van der Waals surface area contributed by atoms with Crippen molar-refractivity contribution in [1.29, 1.82) is 0 Å². The topological polar surface area (TPSA) is 24.9 Å². The fourth-order valence-electron chi connectivity index (χ4n) is 2.83. The molecule has 1 unspecified atom stereocenters. The Morgan fingerprint density at radius 1 is 1.40 bits per heavy atom. The number of fused-ring (bicyclic) bond motifs is 1. The highest BCUT2D eigenvalue weighted by molar-refractivity contribution is 9.10. The number of nitrogens with one attached hydrogen (secondary N) is 1. The quantitative estimate of drug-likeness (QED) is 0.829. The molecule has 1 aromatic carbocycles. The smallest absolute Gasteiger partial charge is 0.0934 e. The number of para-hydroxylation sites is 1. The minimum atomic E-state index is 0.418. The van der Waals surface area contributed by atoms with Crippen LogP contribution in [0.15, 0.2) is 34.9 Å². The molecule has 3 rings (SSSR count). The molecule has 1 saturated heterocycles. The maximum absolute atomic E-state index is 4.57. The lowest BCUT2D eigenvalue weighted by atomic mass is 9.87. The van der Waals surface area contributed by atoms with Gasteiger partial charge in [-0.15, -0.1) is 0 Å². The Balaban J connectivity index is 1.87. The molecule has 2 aromatic rings. The van der Waals surface area contributed by atoms with Crippen LogP contribution in [0, 0.1) is 5.41 Å². The average Bonchev–Trinajstić information content (AvgIpc) is 2.37. The Kier molecular flexibility index (Phi) is 3.95. The molecule has 0 bridgehead atoms. The van der Waals surface area contributed by atoms with Crippen LogP contribution in [-0.2, 0) is 0 Å². The van der Waals surface area contributed by atoms with Crippen LogP contribution < -0.4 is 5.32 Å². The number of halogens is 1. The van der Waals surface area contributed by atoms with E-state index in [1.165, 1.54) is 23.3 Å². The van der Waals surface area contributed by atoms with Gasteiger partial charge in [0.15, 0.2) is 0 Å². The van der Waals surface area contributed by atoms with E-state index in [-0.39, 0.29) is 0 Å². The van der Waals surface area contributed by atoms with Gasteiger partial charge >= 0.3 is 0 Å². The number of rotatable bonds is 2. The highest BCUT2D eigenvalue weighted by atomic mass is 79.9. The number of anilines is 1. The first-order chi connectivity index (χ1) is 9.53. The molecule has 1 fully saturated rings. The molecule has 106 valence electrons. The van der Waals surface area contributed by atoms with Crippen LogP contribution in [0.25, 0.3) is 10.9 Å². The van der Waals surface area contributed by atoms with Gasteiger partial charge < -0.3 is 5.32 Å². The Morgan fingerprint density at radius 2 is 2.25 bits per heavy atom. The SMILES string of the molecule is CC1(C)CSCC(Nc2cccc3cc(Br)cnc23)C1. The summed E-state index contributed by atoms with van der Waals surface area (Å²) in [4.78, 5) is 4.57. The van der Waals surface area contributed by atoms with Gasteiger partial charge in [0.1, 0.15) is 0 Å². The fraction of sp³-hybridized carbons (Fsp3) is 0.438. The molecule has 1 N–H and O–H groups in total. The first kappa shape index (κ1) is 14.2. The van der Waals surface area contributed by atoms with Crippen molar-refractivity contribution in [2.45, 2.75) is 26.3 Å². The first-order valence-electron chi connectivity index (χ1n) is 6.92. The van der Waals surface area contributed by atoms with E-state index in [1.807, 2.05) is 18.0 Å². The monoisotopic (exact) mass is 350 g/mol. The number of pyridine rings is 1. The van der Waals surface area contributed by atoms with Crippen molar-refractivity contribution in [2.75, 3.05) is 16.8 Å². The number of hydrogen-bond acceptors (Lipinski definition) is 3. The summed E-state index contributed by atoms with van der Waals surface area (Å²) in [7, 11) is 0. The summed E-state index contributed by atoms with van der Waals surface area (Å²) >= 11 is 5.53. The lowest BCUT2D eigenvalue weighted by Gasteiger charge is -2.35. The molecular formula is C16H19BrN2S. The van der Waals surface area contributed by atoms with Crippen LogP contribution >= 0.6 is 27.7 Å². The number of hydrogen-bond donors (Lipinski definition) is 1. The molecule has 2 heterocycles. The molecule has 4 heteroatoms. The van der Waals surface area contributed by atoms with E-state index < -0.39 is 0 Å². The third-order valence-electron chi connectivity index (χ3n) is 3.65. The highest BCUT2D eigenvalue weighted by Gasteiger charge is 2.28. The van der Waals surface area contributed by atoms with Gasteiger partial charge in [-0.3, -0.25) is 4.98 Å². The summed E-state index contributed by atoms with van der Waals surface area (Å²) < 4.78 is 1.02. The van der Waals surface area contributed by atoms with Gasteiger partial charge in [0.05, 0.1) is 11.2 Å². The summed E-state index contributed by atoms with van der Waals surface area (Å²) in [6, 6.07) is 8.99. The lowest BCUT2D eigenvalue weighted by molar-refractivity contribution is 0.358. The zero-order valence-electron chi connectivity index (χ0n) is 11.8. The Labute approximate surface area is 132 Å². The van der Waals surface area contributed by atoms with Gasteiger partial charge in [0, 0.05) is 27.9 Å². The summed E-state index contributed by atoms with van der Waals surface area (Å²) in [5, 5.41) is 4.87. The van der Waals surface area contributed by atoms with E-state index in [0.29, 0.717) is 11.5 Å². The predicted octanol–water partition coefficient (Wildman–Crippen LogP) is 4.94. The van der Waals surface area contributed by atoms with Crippen LogP contribution in [0.2, 0.25) is 0 Å².